The molecule has 5 heteroatoms. The molecule has 0 aromatic heterocycles. The smallest absolute Gasteiger partial charge is 0.313 e. The van der Waals surface area contributed by atoms with Crippen molar-refractivity contribution in [3.05, 3.63) is 34.9 Å². The molecule has 1 rings (SSSR count). The minimum Gasteiger partial charge on any atom is -0.481 e. The standard InChI is InChI=1S/C10H12ClNO2S/c11-9-3-1-8(2-4-9)5-12-7-15-6-10(13)14/h1-4,12H,5-7H2,(H,13,14). The quantitative estimate of drug-likeness (QED) is 0.596. The lowest BCUT2D eigenvalue weighted by Crippen LogP contribution is -2.13. The Morgan fingerprint density at radius 2 is 2.07 bits per heavy atom. The van der Waals surface area contributed by atoms with E-state index in [0.717, 1.165) is 17.1 Å². The van der Waals surface area contributed by atoms with Gasteiger partial charge in [-0.1, -0.05) is 23.7 Å². The number of carboxylic acid groups (broad SMARTS) is 1. The van der Waals surface area contributed by atoms with E-state index < -0.39 is 5.97 Å². The molecule has 0 heterocycles. The molecule has 1 aromatic rings. The first kappa shape index (κ1) is 12.4. The number of halogens is 1. The monoisotopic (exact) mass is 245 g/mol. The summed E-state index contributed by atoms with van der Waals surface area (Å²) >= 11 is 7.09. The van der Waals surface area contributed by atoms with Gasteiger partial charge in [-0.25, -0.2) is 0 Å². The first-order valence-electron chi connectivity index (χ1n) is 4.43. The van der Waals surface area contributed by atoms with Crippen LogP contribution < -0.4 is 5.32 Å². The van der Waals surface area contributed by atoms with Crippen molar-refractivity contribution in [1.82, 2.24) is 5.32 Å². The van der Waals surface area contributed by atoms with Crippen molar-refractivity contribution in [2.45, 2.75) is 6.54 Å². The second kappa shape index (κ2) is 6.71. The van der Waals surface area contributed by atoms with Gasteiger partial charge in [-0.2, -0.15) is 0 Å². The van der Waals surface area contributed by atoms with E-state index in [1.165, 1.54) is 11.8 Å². The summed E-state index contributed by atoms with van der Waals surface area (Å²) in [5.74, 6) is -0.0176. The van der Waals surface area contributed by atoms with Crippen LogP contribution in [-0.2, 0) is 11.3 Å². The van der Waals surface area contributed by atoms with E-state index in [9.17, 15) is 4.79 Å². The molecule has 0 spiro atoms. The van der Waals surface area contributed by atoms with Crippen LogP contribution in [0.25, 0.3) is 0 Å². The zero-order valence-electron chi connectivity index (χ0n) is 8.07. The van der Waals surface area contributed by atoms with Crippen molar-refractivity contribution in [3.8, 4) is 0 Å². The Kier molecular flexibility index (Phi) is 5.53. The summed E-state index contributed by atoms with van der Waals surface area (Å²) in [6.45, 7) is 0.726. The zero-order chi connectivity index (χ0) is 11.1. The van der Waals surface area contributed by atoms with Crippen LogP contribution in [0.1, 0.15) is 5.56 Å². The maximum atomic E-state index is 10.2. The topological polar surface area (TPSA) is 49.3 Å². The maximum absolute atomic E-state index is 10.2. The van der Waals surface area contributed by atoms with Crippen LogP contribution in [0.5, 0.6) is 0 Å². The fraction of sp³-hybridized carbons (Fsp3) is 0.300. The molecule has 0 aliphatic carbocycles. The van der Waals surface area contributed by atoms with E-state index in [1.54, 1.807) is 0 Å². The summed E-state index contributed by atoms with van der Waals surface area (Å²) in [6, 6.07) is 7.56. The summed E-state index contributed by atoms with van der Waals surface area (Å²) in [5.41, 5.74) is 1.13. The van der Waals surface area contributed by atoms with Crippen LogP contribution in [0.15, 0.2) is 24.3 Å². The Morgan fingerprint density at radius 3 is 2.67 bits per heavy atom. The minimum atomic E-state index is -0.784. The largest absolute Gasteiger partial charge is 0.481 e. The highest BCUT2D eigenvalue weighted by Crippen LogP contribution is 2.09. The van der Waals surface area contributed by atoms with E-state index in [0.29, 0.717) is 5.88 Å². The van der Waals surface area contributed by atoms with Gasteiger partial charge < -0.3 is 10.4 Å². The Balaban J connectivity index is 2.15. The summed E-state index contributed by atoms with van der Waals surface area (Å²) in [5, 5.41) is 12.3. The molecule has 0 aliphatic heterocycles. The zero-order valence-corrected chi connectivity index (χ0v) is 9.64. The van der Waals surface area contributed by atoms with Gasteiger partial charge in [0.1, 0.15) is 0 Å². The summed E-state index contributed by atoms with van der Waals surface area (Å²) in [4.78, 5) is 10.2. The van der Waals surface area contributed by atoms with Crippen molar-refractivity contribution in [2.75, 3.05) is 11.6 Å². The number of benzene rings is 1. The first-order valence-corrected chi connectivity index (χ1v) is 5.96. The van der Waals surface area contributed by atoms with E-state index in [1.807, 2.05) is 24.3 Å². The van der Waals surface area contributed by atoms with Gasteiger partial charge in [-0.05, 0) is 17.7 Å². The molecule has 0 atom stereocenters. The van der Waals surface area contributed by atoms with Gasteiger partial charge >= 0.3 is 5.97 Å². The van der Waals surface area contributed by atoms with Gasteiger partial charge in [-0.15, -0.1) is 11.8 Å². The maximum Gasteiger partial charge on any atom is 0.313 e. The lowest BCUT2D eigenvalue weighted by molar-refractivity contribution is -0.133. The molecule has 2 N–H and O–H groups in total. The van der Waals surface area contributed by atoms with Crippen LogP contribution in [0.2, 0.25) is 5.02 Å². The molecular weight excluding hydrogens is 234 g/mol. The molecule has 3 nitrogen and oxygen atoms in total. The van der Waals surface area contributed by atoms with Gasteiger partial charge in [0.25, 0.3) is 0 Å². The van der Waals surface area contributed by atoms with Gasteiger partial charge in [0.2, 0.25) is 0 Å². The molecule has 0 fully saturated rings. The number of rotatable bonds is 6. The fourth-order valence-corrected chi connectivity index (χ4v) is 1.66. The number of nitrogens with one attached hydrogen (secondary N) is 1. The summed E-state index contributed by atoms with van der Waals surface area (Å²) in [7, 11) is 0. The number of hydrogen-bond donors (Lipinski definition) is 2. The number of thioether (sulfide) groups is 1. The number of hydrogen-bond acceptors (Lipinski definition) is 3. The summed E-state index contributed by atoms with van der Waals surface area (Å²) < 4.78 is 0. The third-order valence-electron chi connectivity index (χ3n) is 1.67. The molecule has 0 radical (unpaired) electrons. The van der Waals surface area contributed by atoms with Gasteiger partial charge in [-0.3, -0.25) is 4.79 Å². The molecule has 0 unspecified atom stereocenters. The minimum absolute atomic E-state index is 0.133. The van der Waals surface area contributed by atoms with E-state index in [2.05, 4.69) is 5.32 Å². The van der Waals surface area contributed by atoms with Gasteiger partial charge in [0.15, 0.2) is 0 Å². The van der Waals surface area contributed by atoms with E-state index in [-0.39, 0.29) is 5.75 Å². The van der Waals surface area contributed by atoms with Crippen LogP contribution in [0, 0.1) is 0 Å². The lowest BCUT2D eigenvalue weighted by Gasteiger charge is -2.03. The molecule has 0 saturated carbocycles. The van der Waals surface area contributed by atoms with Crippen molar-refractivity contribution in [3.63, 3.8) is 0 Å². The van der Waals surface area contributed by atoms with Gasteiger partial charge in [0.05, 0.1) is 5.75 Å². The average Bonchev–Trinajstić information content (AvgIpc) is 2.20. The molecule has 0 saturated heterocycles. The molecule has 0 amide bonds. The third kappa shape index (κ3) is 5.67. The predicted molar refractivity (Wildman–Crippen MR) is 63.3 cm³/mol. The molecule has 15 heavy (non-hydrogen) atoms. The SMILES string of the molecule is O=C(O)CSCNCc1ccc(Cl)cc1. The number of carboxylic acids is 1. The van der Waals surface area contributed by atoms with Crippen LogP contribution in [0.4, 0.5) is 0 Å². The van der Waals surface area contributed by atoms with Crippen molar-refractivity contribution >= 4 is 29.3 Å². The Morgan fingerprint density at radius 1 is 1.40 bits per heavy atom. The number of aliphatic carboxylic acids is 1. The normalized spacial score (nSPS) is 10.2. The molecular formula is C10H12ClNO2S. The molecule has 1 aromatic carbocycles. The second-order valence-corrected chi connectivity index (χ2v) is 4.36. The third-order valence-corrected chi connectivity index (χ3v) is 2.78. The molecule has 82 valence electrons. The van der Waals surface area contributed by atoms with E-state index in [4.69, 9.17) is 16.7 Å². The lowest BCUT2D eigenvalue weighted by atomic mass is 10.2. The first-order chi connectivity index (χ1) is 7.18. The fourth-order valence-electron chi connectivity index (χ4n) is 1.01. The Bertz CT molecular complexity index is 316. The highest BCUT2D eigenvalue weighted by Gasteiger charge is 1.96. The predicted octanol–water partition coefficient (Wildman–Crippen LogP) is 2.20. The Hall–Kier alpha value is -0.710. The number of carbonyl (C=O) groups is 1. The molecule has 0 bridgehead atoms. The molecule has 0 aliphatic rings. The Labute approximate surface area is 97.8 Å². The van der Waals surface area contributed by atoms with Crippen LogP contribution in [0.3, 0.4) is 0 Å². The van der Waals surface area contributed by atoms with Crippen molar-refractivity contribution < 1.29 is 9.90 Å². The average molecular weight is 246 g/mol. The summed E-state index contributed by atoms with van der Waals surface area (Å²) in [6.07, 6.45) is 0. The highest BCUT2D eigenvalue weighted by atomic mass is 35.5. The van der Waals surface area contributed by atoms with Crippen molar-refractivity contribution in [2.24, 2.45) is 0 Å². The van der Waals surface area contributed by atoms with Crippen LogP contribution >= 0.6 is 23.4 Å². The highest BCUT2D eigenvalue weighted by molar-refractivity contribution is 7.99. The van der Waals surface area contributed by atoms with Crippen molar-refractivity contribution in [1.29, 1.82) is 0 Å². The second-order valence-electron chi connectivity index (χ2n) is 2.94. The van der Waals surface area contributed by atoms with Crippen LogP contribution in [-0.4, -0.2) is 22.7 Å². The van der Waals surface area contributed by atoms with E-state index >= 15 is 0 Å². The van der Waals surface area contributed by atoms with Gasteiger partial charge in [0, 0.05) is 17.4 Å².